The van der Waals surface area contributed by atoms with Crippen molar-refractivity contribution < 1.29 is 18.3 Å². The number of hydrogen-bond donors (Lipinski definition) is 1. The first-order valence-electron chi connectivity index (χ1n) is 10.6. The van der Waals surface area contributed by atoms with Gasteiger partial charge in [0.05, 0.1) is 16.7 Å². The van der Waals surface area contributed by atoms with Crippen molar-refractivity contribution >= 4 is 22.6 Å². The number of halogens is 2. The van der Waals surface area contributed by atoms with Crippen LogP contribution < -0.4 is 15.0 Å². The summed E-state index contributed by atoms with van der Waals surface area (Å²) in [6.45, 7) is -1.43. The molecule has 0 spiro atoms. The minimum absolute atomic E-state index is 0.0498. The molecule has 1 aromatic heterocycles. The lowest BCUT2D eigenvalue weighted by molar-refractivity contribution is -0.122. The van der Waals surface area contributed by atoms with Gasteiger partial charge in [-0.05, 0) is 43.5 Å². The molecule has 1 amide bonds. The lowest BCUT2D eigenvalue weighted by Crippen LogP contribution is -2.39. The van der Waals surface area contributed by atoms with Gasteiger partial charge in [0.15, 0.2) is 0 Å². The Morgan fingerprint density at radius 3 is 2.71 bits per heavy atom. The summed E-state index contributed by atoms with van der Waals surface area (Å²) < 4.78 is 32.1. The molecule has 162 valence electrons. The number of para-hydroxylation sites is 4. The molecule has 31 heavy (non-hydrogen) atoms. The fraction of sp³-hybridized carbons (Fsp3) is 0.391. The number of alkyl halides is 2. The molecule has 1 atom stereocenters. The third-order valence-corrected chi connectivity index (χ3v) is 5.90. The van der Waals surface area contributed by atoms with Gasteiger partial charge in [0, 0.05) is 25.0 Å². The van der Waals surface area contributed by atoms with Crippen molar-refractivity contribution in [3.05, 3.63) is 54.4 Å². The molecule has 6 nitrogen and oxygen atoms in total. The topological polar surface area (TPSA) is 59.4 Å². The first kappa shape index (κ1) is 19.8. The maximum atomic E-state index is 12.9. The quantitative estimate of drug-likeness (QED) is 0.622. The van der Waals surface area contributed by atoms with Crippen LogP contribution in [0.5, 0.6) is 5.75 Å². The summed E-state index contributed by atoms with van der Waals surface area (Å²) in [7, 11) is 0. The molecule has 8 heteroatoms. The van der Waals surface area contributed by atoms with Crippen molar-refractivity contribution in [2.24, 2.45) is 0 Å². The predicted octanol–water partition coefficient (Wildman–Crippen LogP) is 3.91. The highest BCUT2D eigenvalue weighted by molar-refractivity contribution is 5.81. The molecule has 1 saturated heterocycles. The van der Waals surface area contributed by atoms with Crippen molar-refractivity contribution in [3.8, 4) is 5.75 Å². The number of fused-ring (bicyclic) bond motifs is 1. The zero-order chi connectivity index (χ0) is 21.4. The Balaban J connectivity index is 1.26. The molecule has 1 aliphatic carbocycles. The molecule has 0 radical (unpaired) electrons. The molecule has 3 aromatic rings. The number of amides is 1. The van der Waals surface area contributed by atoms with Crippen LogP contribution in [0.15, 0.2) is 48.5 Å². The highest BCUT2D eigenvalue weighted by Crippen LogP contribution is 2.40. The third-order valence-electron chi connectivity index (χ3n) is 5.90. The number of hydrogen-bond acceptors (Lipinski definition) is 4. The van der Waals surface area contributed by atoms with E-state index in [-0.39, 0.29) is 24.2 Å². The molecule has 1 aliphatic heterocycles. The summed E-state index contributed by atoms with van der Waals surface area (Å²) in [5, 5.41) is 3.11. The number of ether oxygens (including phenoxy) is 1. The maximum Gasteiger partial charge on any atom is 0.387 e. The number of benzene rings is 2. The summed E-state index contributed by atoms with van der Waals surface area (Å²) in [5.41, 5.74) is 2.52. The predicted molar refractivity (Wildman–Crippen MR) is 114 cm³/mol. The Bertz CT molecular complexity index is 1100. The van der Waals surface area contributed by atoms with Crippen LogP contribution in [0.1, 0.15) is 31.0 Å². The van der Waals surface area contributed by atoms with Crippen LogP contribution in [0.4, 0.5) is 14.5 Å². The van der Waals surface area contributed by atoms with Crippen LogP contribution in [0.2, 0.25) is 0 Å². The van der Waals surface area contributed by atoms with E-state index in [1.54, 1.807) is 18.2 Å². The molecule has 0 bridgehead atoms. The minimum atomic E-state index is -2.87. The van der Waals surface area contributed by atoms with Crippen LogP contribution in [0, 0.1) is 0 Å². The lowest BCUT2D eigenvalue weighted by atomic mass is 10.2. The van der Waals surface area contributed by atoms with E-state index in [4.69, 9.17) is 4.98 Å². The first-order valence-corrected chi connectivity index (χ1v) is 10.6. The Morgan fingerprint density at radius 2 is 1.90 bits per heavy atom. The number of imidazole rings is 1. The van der Waals surface area contributed by atoms with Gasteiger partial charge in [0.25, 0.3) is 0 Å². The number of anilines is 1. The van der Waals surface area contributed by atoms with Crippen molar-refractivity contribution in [1.82, 2.24) is 14.9 Å². The molecule has 2 heterocycles. The number of carbonyl (C=O) groups excluding carboxylic acids is 1. The zero-order valence-electron chi connectivity index (χ0n) is 17.0. The van der Waals surface area contributed by atoms with E-state index < -0.39 is 6.61 Å². The summed E-state index contributed by atoms with van der Waals surface area (Å²) in [6.07, 6.45) is 2.97. The molecule has 1 saturated carbocycles. The molecule has 2 fully saturated rings. The van der Waals surface area contributed by atoms with E-state index in [2.05, 4.69) is 10.1 Å². The van der Waals surface area contributed by atoms with Gasteiger partial charge in [0.2, 0.25) is 5.91 Å². The van der Waals surface area contributed by atoms with Crippen molar-refractivity contribution in [3.63, 3.8) is 0 Å². The molecular formula is C23H24F2N4O2. The Kier molecular flexibility index (Phi) is 5.21. The van der Waals surface area contributed by atoms with Crippen molar-refractivity contribution in [2.45, 2.75) is 44.4 Å². The van der Waals surface area contributed by atoms with Crippen molar-refractivity contribution in [1.29, 1.82) is 0 Å². The second-order valence-corrected chi connectivity index (χ2v) is 8.16. The van der Waals surface area contributed by atoms with Gasteiger partial charge in [-0.3, -0.25) is 4.79 Å². The van der Waals surface area contributed by atoms with Crippen LogP contribution in [0.3, 0.4) is 0 Å². The average molecular weight is 426 g/mol. The summed E-state index contributed by atoms with van der Waals surface area (Å²) >= 11 is 0. The second kappa shape index (κ2) is 8.17. The molecular weight excluding hydrogens is 402 g/mol. The standard InChI is InChI=1S/C23H24F2N4O2/c24-23(25)31-20-8-4-3-7-19(20)28-12-11-16(13-28)26-21(30)14-29-18-6-2-1-5-17(18)27-22(29)15-9-10-15/h1-8,15-16,23H,9-14H2,(H,26,30). The van der Waals surface area contributed by atoms with Gasteiger partial charge in [-0.25, -0.2) is 4.98 Å². The highest BCUT2D eigenvalue weighted by Gasteiger charge is 2.31. The van der Waals surface area contributed by atoms with Crippen molar-refractivity contribution in [2.75, 3.05) is 18.0 Å². The average Bonchev–Trinajstić information content (AvgIpc) is 3.39. The van der Waals surface area contributed by atoms with Gasteiger partial charge >= 0.3 is 6.61 Å². The number of rotatable bonds is 7. The largest absolute Gasteiger partial charge is 0.433 e. The smallest absolute Gasteiger partial charge is 0.387 e. The van der Waals surface area contributed by atoms with Gasteiger partial charge in [0.1, 0.15) is 18.1 Å². The first-order chi connectivity index (χ1) is 15.1. The van der Waals surface area contributed by atoms with Gasteiger partial charge in [-0.2, -0.15) is 8.78 Å². The summed E-state index contributed by atoms with van der Waals surface area (Å²) in [4.78, 5) is 19.6. The fourth-order valence-electron chi connectivity index (χ4n) is 4.34. The third kappa shape index (κ3) is 4.19. The Morgan fingerprint density at radius 1 is 1.13 bits per heavy atom. The van der Waals surface area contributed by atoms with Gasteiger partial charge in [-0.15, -0.1) is 0 Å². The Hall–Kier alpha value is -3.16. The van der Waals surface area contributed by atoms with Crippen LogP contribution in [-0.2, 0) is 11.3 Å². The lowest BCUT2D eigenvalue weighted by Gasteiger charge is -2.22. The number of aromatic nitrogens is 2. The Labute approximate surface area is 178 Å². The molecule has 1 N–H and O–H groups in total. The van der Waals surface area contributed by atoms with E-state index in [9.17, 15) is 13.6 Å². The van der Waals surface area contributed by atoms with E-state index in [0.717, 1.165) is 36.1 Å². The molecule has 2 aromatic carbocycles. The molecule has 2 aliphatic rings. The van der Waals surface area contributed by atoms with Gasteiger partial charge in [-0.1, -0.05) is 24.3 Å². The van der Waals surface area contributed by atoms with Gasteiger partial charge < -0.3 is 19.5 Å². The number of nitrogens with zero attached hydrogens (tertiary/aromatic N) is 3. The monoisotopic (exact) mass is 426 g/mol. The van der Waals surface area contributed by atoms with Crippen LogP contribution >= 0.6 is 0 Å². The van der Waals surface area contributed by atoms with E-state index >= 15 is 0 Å². The van der Waals surface area contributed by atoms with Crippen LogP contribution in [0.25, 0.3) is 11.0 Å². The maximum absolute atomic E-state index is 12.9. The normalized spacial score (nSPS) is 18.7. The van der Waals surface area contributed by atoms with E-state index in [0.29, 0.717) is 24.7 Å². The SMILES string of the molecule is O=C(Cn1c(C2CC2)nc2ccccc21)NC1CCN(c2ccccc2OC(F)F)C1. The number of nitrogens with one attached hydrogen (secondary N) is 1. The molecule has 1 unspecified atom stereocenters. The second-order valence-electron chi connectivity index (χ2n) is 8.16. The van der Waals surface area contributed by atoms with E-state index in [1.165, 1.54) is 6.07 Å². The fourth-order valence-corrected chi connectivity index (χ4v) is 4.34. The van der Waals surface area contributed by atoms with Crippen LogP contribution in [-0.4, -0.2) is 41.2 Å². The highest BCUT2D eigenvalue weighted by atomic mass is 19.3. The summed E-state index contributed by atoms with van der Waals surface area (Å²) in [6, 6.07) is 14.6. The van der Waals surface area contributed by atoms with E-state index in [1.807, 2.05) is 33.7 Å². The summed E-state index contributed by atoms with van der Waals surface area (Å²) in [5.74, 6) is 1.52. The minimum Gasteiger partial charge on any atom is -0.433 e. The molecule has 5 rings (SSSR count). The number of carbonyl (C=O) groups is 1. The zero-order valence-corrected chi connectivity index (χ0v) is 17.0.